The predicted octanol–water partition coefficient (Wildman–Crippen LogP) is 0.925. The van der Waals surface area contributed by atoms with Gasteiger partial charge in [-0.3, -0.25) is 4.98 Å². The number of hydrazone groups is 1. The second kappa shape index (κ2) is 4.90. The normalized spacial score (nSPS) is 15.8. The highest BCUT2D eigenvalue weighted by Gasteiger charge is 2.15. The van der Waals surface area contributed by atoms with Crippen molar-refractivity contribution in [2.75, 3.05) is 20.1 Å². The molecular weight excluding hydrogens is 200 g/mol. The first-order valence-electron chi connectivity index (χ1n) is 5.37. The van der Waals surface area contributed by atoms with Gasteiger partial charge in [-0.15, -0.1) is 0 Å². The van der Waals surface area contributed by atoms with Crippen molar-refractivity contribution in [1.29, 1.82) is 0 Å². The van der Waals surface area contributed by atoms with Gasteiger partial charge in [0, 0.05) is 24.5 Å². The molecule has 0 saturated heterocycles. The summed E-state index contributed by atoms with van der Waals surface area (Å²) in [5.41, 5.74) is 7.77. The summed E-state index contributed by atoms with van der Waals surface area (Å²) in [7, 11) is 1.95. The van der Waals surface area contributed by atoms with Crippen LogP contribution in [0.15, 0.2) is 40.8 Å². The molecule has 1 aliphatic heterocycles. The number of aromatic nitrogens is 1. The zero-order valence-corrected chi connectivity index (χ0v) is 9.62. The maximum Gasteiger partial charge on any atom is 0.0947 e. The Kier molecular flexibility index (Phi) is 3.31. The summed E-state index contributed by atoms with van der Waals surface area (Å²) in [4.78, 5) is 4.02. The molecule has 0 spiro atoms. The maximum absolute atomic E-state index is 4.39. The molecule has 1 aliphatic rings. The van der Waals surface area contributed by atoms with Crippen LogP contribution in [0.3, 0.4) is 0 Å². The van der Waals surface area contributed by atoms with Gasteiger partial charge in [0.1, 0.15) is 0 Å². The summed E-state index contributed by atoms with van der Waals surface area (Å²) in [6.45, 7) is 3.80. The summed E-state index contributed by atoms with van der Waals surface area (Å²) < 4.78 is 0. The number of hydrogen-bond donors (Lipinski definition) is 2. The lowest BCUT2D eigenvalue weighted by Gasteiger charge is -2.19. The third-order valence-electron chi connectivity index (χ3n) is 2.64. The fourth-order valence-corrected chi connectivity index (χ4v) is 1.77. The van der Waals surface area contributed by atoms with Crippen molar-refractivity contribution in [3.63, 3.8) is 0 Å². The third-order valence-corrected chi connectivity index (χ3v) is 2.64. The largest absolute Gasteiger partial charge is 0.316 e. The van der Waals surface area contributed by atoms with Crippen molar-refractivity contribution in [3.05, 3.63) is 41.2 Å². The van der Waals surface area contributed by atoms with Crippen molar-refractivity contribution in [1.82, 2.24) is 15.7 Å². The van der Waals surface area contributed by atoms with Crippen LogP contribution in [0.1, 0.15) is 12.5 Å². The van der Waals surface area contributed by atoms with Crippen LogP contribution in [0.4, 0.5) is 0 Å². The lowest BCUT2D eigenvalue weighted by Crippen LogP contribution is -2.28. The van der Waals surface area contributed by atoms with E-state index in [2.05, 4.69) is 27.8 Å². The molecule has 0 aromatic carbocycles. The standard InChI is InChI=1S/C12H16N4/c1-9-7-15-16-12(11(9)8-13-2)10-3-5-14-6-4-10/h3-6,13,15H,7-8H2,1-2H3. The van der Waals surface area contributed by atoms with Gasteiger partial charge in [0.2, 0.25) is 0 Å². The number of hydrogen-bond acceptors (Lipinski definition) is 4. The number of likely N-dealkylation sites (N-methyl/N-ethyl adjacent to an activating group) is 1. The molecule has 0 unspecified atom stereocenters. The molecule has 0 bridgehead atoms. The van der Waals surface area contributed by atoms with Crippen LogP contribution in [0.5, 0.6) is 0 Å². The first-order valence-corrected chi connectivity index (χ1v) is 5.37. The molecule has 1 aromatic heterocycles. The molecule has 0 radical (unpaired) electrons. The fraction of sp³-hybridized carbons (Fsp3) is 0.333. The van der Waals surface area contributed by atoms with E-state index in [0.717, 1.165) is 24.4 Å². The van der Waals surface area contributed by atoms with Gasteiger partial charge < -0.3 is 10.7 Å². The van der Waals surface area contributed by atoms with Gasteiger partial charge in [-0.2, -0.15) is 5.10 Å². The Labute approximate surface area is 95.5 Å². The summed E-state index contributed by atoms with van der Waals surface area (Å²) in [6, 6.07) is 3.96. The molecule has 1 aromatic rings. The quantitative estimate of drug-likeness (QED) is 0.790. The van der Waals surface area contributed by atoms with E-state index in [4.69, 9.17) is 0 Å². The molecule has 0 amide bonds. The van der Waals surface area contributed by atoms with Crippen molar-refractivity contribution in [2.45, 2.75) is 6.92 Å². The van der Waals surface area contributed by atoms with Crippen LogP contribution in [-0.4, -0.2) is 30.8 Å². The lowest BCUT2D eigenvalue weighted by molar-refractivity contribution is 0.762. The minimum Gasteiger partial charge on any atom is -0.316 e. The second-order valence-electron chi connectivity index (χ2n) is 3.82. The highest BCUT2D eigenvalue weighted by Crippen LogP contribution is 2.15. The fourth-order valence-electron chi connectivity index (χ4n) is 1.77. The third kappa shape index (κ3) is 2.12. The highest BCUT2D eigenvalue weighted by molar-refractivity contribution is 6.13. The Balaban J connectivity index is 2.36. The average molecular weight is 216 g/mol. The lowest BCUT2D eigenvalue weighted by atomic mass is 9.98. The van der Waals surface area contributed by atoms with Crippen LogP contribution < -0.4 is 10.7 Å². The zero-order chi connectivity index (χ0) is 11.4. The van der Waals surface area contributed by atoms with E-state index in [9.17, 15) is 0 Å². The maximum atomic E-state index is 4.39. The van der Waals surface area contributed by atoms with E-state index >= 15 is 0 Å². The Morgan fingerprint density at radius 2 is 2.12 bits per heavy atom. The van der Waals surface area contributed by atoms with Crippen LogP contribution >= 0.6 is 0 Å². The Morgan fingerprint density at radius 3 is 2.81 bits per heavy atom. The molecule has 2 heterocycles. The molecule has 0 aliphatic carbocycles. The molecule has 0 atom stereocenters. The van der Waals surface area contributed by atoms with Crippen LogP contribution in [-0.2, 0) is 0 Å². The van der Waals surface area contributed by atoms with Crippen molar-refractivity contribution < 1.29 is 0 Å². The van der Waals surface area contributed by atoms with Crippen molar-refractivity contribution in [3.8, 4) is 0 Å². The van der Waals surface area contributed by atoms with Crippen molar-refractivity contribution >= 4 is 5.71 Å². The highest BCUT2D eigenvalue weighted by atomic mass is 15.3. The number of nitrogens with one attached hydrogen (secondary N) is 2. The Morgan fingerprint density at radius 1 is 1.38 bits per heavy atom. The van der Waals surface area contributed by atoms with Gasteiger partial charge in [-0.25, -0.2) is 0 Å². The number of nitrogens with zero attached hydrogens (tertiary/aromatic N) is 2. The van der Waals surface area contributed by atoms with Gasteiger partial charge in [0.25, 0.3) is 0 Å². The van der Waals surface area contributed by atoms with Gasteiger partial charge in [-0.1, -0.05) is 0 Å². The molecule has 16 heavy (non-hydrogen) atoms. The van der Waals surface area contributed by atoms with Crippen LogP contribution in [0.2, 0.25) is 0 Å². The van der Waals surface area contributed by atoms with Crippen LogP contribution in [0, 0.1) is 0 Å². The topological polar surface area (TPSA) is 49.3 Å². The van der Waals surface area contributed by atoms with Gasteiger partial charge >= 0.3 is 0 Å². The number of pyridine rings is 1. The average Bonchev–Trinajstić information content (AvgIpc) is 2.33. The van der Waals surface area contributed by atoms with Crippen LogP contribution in [0.25, 0.3) is 0 Å². The summed E-state index contributed by atoms with van der Waals surface area (Å²) >= 11 is 0. The van der Waals surface area contributed by atoms with E-state index < -0.39 is 0 Å². The van der Waals surface area contributed by atoms with E-state index in [-0.39, 0.29) is 0 Å². The minimum atomic E-state index is 0.825. The Bertz CT molecular complexity index is 420. The number of rotatable bonds is 3. The summed E-state index contributed by atoms with van der Waals surface area (Å²) in [5, 5.41) is 7.58. The van der Waals surface area contributed by atoms with E-state index in [0.29, 0.717) is 0 Å². The van der Waals surface area contributed by atoms with Gasteiger partial charge in [-0.05, 0) is 37.3 Å². The predicted molar refractivity (Wildman–Crippen MR) is 65.4 cm³/mol. The van der Waals surface area contributed by atoms with Gasteiger partial charge in [0.05, 0.1) is 12.3 Å². The zero-order valence-electron chi connectivity index (χ0n) is 9.62. The molecule has 4 nitrogen and oxygen atoms in total. The molecule has 84 valence electrons. The molecule has 0 fully saturated rings. The monoisotopic (exact) mass is 216 g/mol. The van der Waals surface area contributed by atoms with Gasteiger partial charge in [0.15, 0.2) is 0 Å². The molecule has 2 rings (SSSR count). The van der Waals surface area contributed by atoms with E-state index in [1.807, 2.05) is 19.2 Å². The SMILES string of the molecule is CNCC1=C(C)CNN=C1c1ccncc1. The first-order chi connectivity index (χ1) is 7.83. The smallest absolute Gasteiger partial charge is 0.0947 e. The Hall–Kier alpha value is -1.68. The minimum absolute atomic E-state index is 0.825. The second-order valence-corrected chi connectivity index (χ2v) is 3.82. The summed E-state index contributed by atoms with van der Waals surface area (Å²) in [5.74, 6) is 0. The summed E-state index contributed by atoms with van der Waals surface area (Å²) in [6.07, 6.45) is 3.58. The molecule has 4 heteroatoms. The van der Waals surface area contributed by atoms with E-state index in [1.54, 1.807) is 12.4 Å². The van der Waals surface area contributed by atoms with E-state index in [1.165, 1.54) is 11.1 Å². The first kappa shape index (κ1) is 10.8. The molecule has 0 saturated carbocycles. The molecular formula is C12H16N4. The molecule has 2 N–H and O–H groups in total. The van der Waals surface area contributed by atoms with Crippen molar-refractivity contribution in [2.24, 2.45) is 5.10 Å².